The highest BCUT2D eigenvalue weighted by atomic mass is 16.3. The molecule has 0 aromatic rings. The Morgan fingerprint density at radius 1 is 1.40 bits per heavy atom. The second-order valence-corrected chi connectivity index (χ2v) is 4.43. The molecule has 1 rings (SSSR count). The number of aliphatic hydroxyl groups is 1. The molecule has 1 aliphatic heterocycles. The predicted molar refractivity (Wildman–Crippen MR) is 59.3 cm³/mol. The topological polar surface area (TPSA) is 66.6 Å². The van der Waals surface area contributed by atoms with Crippen LogP contribution in [0.3, 0.4) is 0 Å². The summed E-state index contributed by atoms with van der Waals surface area (Å²) < 4.78 is 0. The van der Waals surface area contributed by atoms with E-state index >= 15 is 0 Å². The van der Waals surface area contributed by atoms with Gasteiger partial charge < -0.3 is 15.7 Å². The lowest BCUT2D eigenvalue weighted by atomic mass is 9.91. The molecule has 1 amide bonds. The standard InChI is InChI=1S/C11H22N2O2/c1-2-11(15)8-13(9-11)10(14)6-4-3-5-7-12/h15H,2-9,12H2,1H3. The van der Waals surface area contributed by atoms with Gasteiger partial charge in [-0.15, -0.1) is 0 Å². The number of amides is 1. The van der Waals surface area contributed by atoms with Gasteiger partial charge in [0.1, 0.15) is 0 Å². The van der Waals surface area contributed by atoms with Crippen LogP contribution < -0.4 is 5.73 Å². The van der Waals surface area contributed by atoms with Crippen LogP contribution in [-0.2, 0) is 4.79 Å². The minimum Gasteiger partial charge on any atom is -0.386 e. The Morgan fingerprint density at radius 3 is 2.60 bits per heavy atom. The molecule has 0 radical (unpaired) electrons. The Bertz CT molecular complexity index is 213. The molecule has 0 unspecified atom stereocenters. The Balaban J connectivity index is 2.10. The lowest BCUT2D eigenvalue weighted by molar-refractivity contribution is -0.155. The number of nitrogens with two attached hydrogens (primary N) is 1. The van der Waals surface area contributed by atoms with Crippen LogP contribution in [0.2, 0.25) is 0 Å². The van der Waals surface area contributed by atoms with Gasteiger partial charge in [-0.05, 0) is 25.8 Å². The zero-order valence-corrected chi connectivity index (χ0v) is 9.54. The van der Waals surface area contributed by atoms with E-state index in [1.807, 2.05) is 6.92 Å². The monoisotopic (exact) mass is 214 g/mol. The van der Waals surface area contributed by atoms with Crippen molar-refractivity contribution < 1.29 is 9.90 Å². The van der Waals surface area contributed by atoms with Crippen LogP contribution in [-0.4, -0.2) is 41.1 Å². The first kappa shape index (κ1) is 12.5. The fourth-order valence-electron chi connectivity index (χ4n) is 1.82. The van der Waals surface area contributed by atoms with Crippen molar-refractivity contribution in [3.05, 3.63) is 0 Å². The molecule has 4 heteroatoms. The molecule has 88 valence electrons. The van der Waals surface area contributed by atoms with Crippen molar-refractivity contribution in [1.29, 1.82) is 0 Å². The summed E-state index contributed by atoms with van der Waals surface area (Å²) in [5, 5.41) is 9.74. The van der Waals surface area contributed by atoms with Gasteiger partial charge in [0.05, 0.1) is 18.7 Å². The molecule has 0 aromatic carbocycles. The van der Waals surface area contributed by atoms with Crippen LogP contribution in [0.25, 0.3) is 0 Å². The molecule has 1 heterocycles. The quantitative estimate of drug-likeness (QED) is 0.632. The zero-order chi connectivity index (χ0) is 11.3. The SMILES string of the molecule is CCC1(O)CN(C(=O)CCCCCN)C1. The number of carbonyl (C=O) groups excluding carboxylic acids is 1. The largest absolute Gasteiger partial charge is 0.386 e. The minimum atomic E-state index is -0.604. The highest BCUT2D eigenvalue weighted by Gasteiger charge is 2.41. The lowest BCUT2D eigenvalue weighted by Gasteiger charge is -2.46. The smallest absolute Gasteiger partial charge is 0.222 e. The highest BCUT2D eigenvalue weighted by Crippen LogP contribution is 2.24. The fourth-order valence-corrected chi connectivity index (χ4v) is 1.82. The average molecular weight is 214 g/mol. The number of carbonyl (C=O) groups is 1. The van der Waals surface area contributed by atoms with Crippen LogP contribution in [0.4, 0.5) is 0 Å². The Labute approximate surface area is 91.4 Å². The molecule has 1 aliphatic rings. The van der Waals surface area contributed by atoms with Crippen LogP contribution in [0.5, 0.6) is 0 Å². The summed E-state index contributed by atoms with van der Waals surface area (Å²) in [5.41, 5.74) is 4.76. The maximum Gasteiger partial charge on any atom is 0.222 e. The van der Waals surface area contributed by atoms with Crippen LogP contribution >= 0.6 is 0 Å². The predicted octanol–water partition coefficient (Wildman–Crippen LogP) is 0.489. The van der Waals surface area contributed by atoms with Crippen LogP contribution in [0.15, 0.2) is 0 Å². The summed E-state index contributed by atoms with van der Waals surface area (Å²) in [6.45, 7) is 3.68. The number of likely N-dealkylation sites (tertiary alicyclic amines) is 1. The van der Waals surface area contributed by atoms with Gasteiger partial charge in [0.2, 0.25) is 5.91 Å². The Morgan fingerprint density at radius 2 is 2.07 bits per heavy atom. The molecule has 0 aromatic heterocycles. The van der Waals surface area contributed by atoms with Crippen molar-refractivity contribution in [3.8, 4) is 0 Å². The van der Waals surface area contributed by atoms with Gasteiger partial charge in [-0.3, -0.25) is 4.79 Å². The molecular weight excluding hydrogens is 192 g/mol. The van der Waals surface area contributed by atoms with E-state index in [-0.39, 0.29) is 5.91 Å². The van der Waals surface area contributed by atoms with Gasteiger partial charge in [0.15, 0.2) is 0 Å². The van der Waals surface area contributed by atoms with Crippen molar-refractivity contribution >= 4 is 5.91 Å². The van der Waals surface area contributed by atoms with E-state index in [2.05, 4.69) is 0 Å². The van der Waals surface area contributed by atoms with Gasteiger partial charge in [-0.25, -0.2) is 0 Å². The summed E-state index contributed by atoms with van der Waals surface area (Å²) in [4.78, 5) is 13.3. The first-order valence-corrected chi connectivity index (χ1v) is 5.81. The second kappa shape index (κ2) is 5.47. The number of hydrogen-bond donors (Lipinski definition) is 2. The van der Waals surface area contributed by atoms with E-state index in [4.69, 9.17) is 5.73 Å². The molecule has 0 atom stereocenters. The summed E-state index contributed by atoms with van der Waals surface area (Å²) in [6.07, 6.45) is 4.25. The van der Waals surface area contributed by atoms with Crippen LogP contribution in [0.1, 0.15) is 39.0 Å². The molecule has 0 aliphatic carbocycles. The van der Waals surface area contributed by atoms with Crippen molar-refractivity contribution in [3.63, 3.8) is 0 Å². The summed E-state index contributed by atoms with van der Waals surface area (Å²) in [5.74, 6) is 0.171. The number of rotatable bonds is 6. The fraction of sp³-hybridized carbons (Fsp3) is 0.909. The number of unbranched alkanes of at least 4 members (excludes halogenated alkanes) is 2. The van der Waals surface area contributed by atoms with Crippen molar-refractivity contribution in [1.82, 2.24) is 4.90 Å². The van der Waals surface area contributed by atoms with Gasteiger partial charge in [-0.1, -0.05) is 13.3 Å². The molecule has 1 saturated heterocycles. The third kappa shape index (κ3) is 3.47. The van der Waals surface area contributed by atoms with E-state index in [1.54, 1.807) is 4.90 Å². The van der Waals surface area contributed by atoms with Gasteiger partial charge in [0, 0.05) is 6.42 Å². The van der Waals surface area contributed by atoms with Crippen LogP contribution in [0, 0.1) is 0 Å². The molecule has 3 N–H and O–H groups in total. The number of nitrogens with zero attached hydrogens (tertiary/aromatic N) is 1. The van der Waals surface area contributed by atoms with E-state index in [9.17, 15) is 9.90 Å². The normalized spacial score (nSPS) is 18.7. The Hall–Kier alpha value is -0.610. The van der Waals surface area contributed by atoms with E-state index in [0.29, 0.717) is 26.1 Å². The van der Waals surface area contributed by atoms with Crippen molar-refractivity contribution in [2.45, 2.75) is 44.6 Å². The maximum atomic E-state index is 11.6. The van der Waals surface area contributed by atoms with Crippen molar-refractivity contribution in [2.75, 3.05) is 19.6 Å². The highest BCUT2D eigenvalue weighted by molar-refractivity contribution is 5.77. The molecule has 0 spiro atoms. The first-order valence-electron chi connectivity index (χ1n) is 5.81. The van der Waals surface area contributed by atoms with Gasteiger partial charge in [0.25, 0.3) is 0 Å². The molecule has 1 fully saturated rings. The summed E-state index contributed by atoms with van der Waals surface area (Å²) >= 11 is 0. The molecule has 15 heavy (non-hydrogen) atoms. The third-order valence-electron chi connectivity index (χ3n) is 3.08. The number of β-amino-alcohol motifs (C(OH)–C–C–N with tert-alkyl or cyclic N) is 1. The zero-order valence-electron chi connectivity index (χ0n) is 9.54. The first-order chi connectivity index (χ1) is 7.11. The van der Waals surface area contributed by atoms with E-state index in [1.165, 1.54) is 0 Å². The summed E-state index contributed by atoms with van der Waals surface area (Å²) in [7, 11) is 0. The third-order valence-corrected chi connectivity index (χ3v) is 3.08. The van der Waals surface area contributed by atoms with E-state index < -0.39 is 5.60 Å². The minimum absolute atomic E-state index is 0.171. The second-order valence-electron chi connectivity index (χ2n) is 4.43. The van der Waals surface area contributed by atoms with Crippen molar-refractivity contribution in [2.24, 2.45) is 5.73 Å². The maximum absolute atomic E-state index is 11.6. The summed E-state index contributed by atoms with van der Waals surface area (Å²) in [6, 6.07) is 0. The lowest BCUT2D eigenvalue weighted by Crippen LogP contribution is -2.63. The average Bonchev–Trinajstić information content (AvgIpc) is 2.19. The molecule has 0 bridgehead atoms. The Kier molecular flexibility index (Phi) is 4.54. The van der Waals surface area contributed by atoms with Gasteiger partial charge in [-0.2, -0.15) is 0 Å². The van der Waals surface area contributed by atoms with E-state index in [0.717, 1.165) is 25.7 Å². The molecule has 0 saturated carbocycles. The number of hydrogen-bond acceptors (Lipinski definition) is 3. The molecular formula is C11H22N2O2. The van der Waals surface area contributed by atoms with Gasteiger partial charge >= 0.3 is 0 Å². The molecule has 4 nitrogen and oxygen atoms in total.